The van der Waals surface area contributed by atoms with Crippen molar-refractivity contribution in [2.24, 2.45) is 5.41 Å². The number of benzene rings is 3. The highest BCUT2D eigenvalue weighted by Crippen LogP contribution is 2.41. The Morgan fingerprint density at radius 3 is 2.22 bits per heavy atom. The van der Waals surface area contributed by atoms with Crippen LogP contribution in [0.3, 0.4) is 0 Å². The molecule has 0 N–H and O–H groups in total. The quantitative estimate of drug-likeness (QED) is 0.189. The van der Waals surface area contributed by atoms with Crippen LogP contribution in [0.4, 0.5) is 28.9 Å². The summed E-state index contributed by atoms with van der Waals surface area (Å²) < 4.78 is 73.8. The van der Waals surface area contributed by atoms with Gasteiger partial charge in [-0.2, -0.15) is 0 Å². The van der Waals surface area contributed by atoms with Crippen LogP contribution in [-0.2, 0) is 27.3 Å². The van der Waals surface area contributed by atoms with E-state index in [9.17, 15) is 22.8 Å². The van der Waals surface area contributed by atoms with Gasteiger partial charge in [-0.05, 0) is 80.3 Å². The molecule has 2 heterocycles. The lowest BCUT2D eigenvalue weighted by Gasteiger charge is -2.41. The van der Waals surface area contributed by atoms with Crippen LogP contribution in [0, 0.1) is 11.2 Å². The molecule has 1 amide bonds. The van der Waals surface area contributed by atoms with Crippen LogP contribution in [0.25, 0.3) is 0 Å². The topological polar surface area (TPSA) is 77.5 Å². The summed E-state index contributed by atoms with van der Waals surface area (Å²) in [6.07, 6.45) is -3.60. The number of alkyl halides is 3. The van der Waals surface area contributed by atoms with Crippen molar-refractivity contribution in [2.45, 2.75) is 45.5 Å². The monoisotopic (exact) mass is 630 g/mol. The summed E-state index contributed by atoms with van der Waals surface area (Å²) in [6.45, 7) is 2.89. The molecule has 0 saturated carbocycles. The number of nitrogens with zero attached hydrogens (tertiary/aromatic N) is 2. The zero-order valence-corrected chi connectivity index (χ0v) is 25.0. The molecule has 2 aliphatic rings. The third-order valence-corrected chi connectivity index (χ3v) is 8.22. The minimum atomic E-state index is -4.78. The molecular formula is C33H34F4N2O6. The first-order valence-electron chi connectivity index (χ1n) is 14.7. The molecule has 0 atom stereocenters. The predicted octanol–water partition coefficient (Wildman–Crippen LogP) is 6.44. The Balaban J connectivity index is 1.32. The van der Waals surface area contributed by atoms with Gasteiger partial charge in [0.05, 0.1) is 25.9 Å². The first kappa shape index (κ1) is 31.9. The summed E-state index contributed by atoms with van der Waals surface area (Å²) in [5, 5.41) is 0. The largest absolute Gasteiger partial charge is 0.573 e. The molecule has 0 unspecified atom stereocenters. The van der Waals surface area contributed by atoms with Crippen molar-refractivity contribution in [3.05, 3.63) is 77.6 Å². The molecule has 0 bridgehead atoms. The Kier molecular flexibility index (Phi) is 9.40. The van der Waals surface area contributed by atoms with E-state index in [0.717, 1.165) is 5.56 Å². The van der Waals surface area contributed by atoms with E-state index in [4.69, 9.17) is 14.2 Å². The molecule has 3 aromatic carbocycles. The van der Waals surface area contributed by atoms with Crippen molar-refractivity contribution >= 4 is 23.3 Å². The van der Waals surface area contributed by atoms with E-state index in [1.54, 1.807) is 38.3 Å². The predicted molar refractivity (Wildman–Crippen MR) is 158 cm³/mol. The van der Waals surface area contributed by atoms with E-state index in [1.165, 1.54) is 29.2 Å². The summed E-state index contributed by atoms with van der Waals surface area (Å²) in [4.78, 5) is 29.6. The number of halogens is 4. The molecule has 5 rings (SSSR count). The molecule has 0 spiro atoms. The summed E-state index contributed by atoms with van der Waals surface area (Å²) >= 11 is 0. The van der Waals surface area contributed by atoms with E-state index < -0.39 is 23.6 Å². The molecular weight excluding hydrogens is 596 g/mol. The van der Waals surface area contributed by atoms with E-state index in [2.05, 4.69) is 4.74 Å². The van der Waals surface area contributed by atoms with Crippen molar-refractivity contribution in [3.8, 4) is 17.2 Å². The third-order valence-electron chi connectivity index (χ3n) is 8.22. The number of methoxy groups -OCH3 is 1. The van der Waals surface area contributed by atoms with Gasteiger partial charge in [0.1, 0.15) is 35.1 Å². The summed E-state index contributed by atoms with van der Waals surface area (Å²) in [5.74, 6) is -0.414. The molecule has 0 aromatic heterocycles. The van der Waals surface area contributed by atoms with Gasteiger partial charge >= 0.3 is 12.3 Å². The Morgan fingerprint density at radius 1 is 0.933 bits per heavy atom. The highest BCUT2D eigenvalue weighted by atomic mass is 19.4. The number of anilines is 2. The van der Waals surface area contributed by atoms with Crippen molar-refractivity contribution < 1.29 is 46.1 Å². The van der Waals surface area contributed by atoms with Gasteiger partial charge in [0.15, 0.2) is 0 Å². The van der Waals surface area contributed by atoms with Crippen LogP contribution < -0.4 is 24.0 Å². The second kappa shape index (κ2) is 13.3. The number of carbonyl (C=O) groups excluding carboxylic acids is 2. The van der Waals surface area contributed by atoms with Crippen LogP contribution in [0.2, 0.25) is 0 Å². The number of esters is 1. The number of carbonyl (C=O) groups is 2. The number of amides is 1. The first-order chi connectivity index (χ1) is 21.5. The van der Waals surface area contributed by atoms with Crippen molar-refractivity contribution in [1.29, 1.82) is 0 Å². The normalized spacial score (nSPS) is 16.2. The number of piperidine rings is 1. The van der Waals surface area contributed by atoms with Crippen LogP contribution in [0.1, 0.15) is 37.3 Å². The van der Waals surface area contributed by atoms with Crippen LogP contribution in [0.5, 0.6) is 17.2 Å². The minimum Gasteiger partial charge on any atom is -0.497 e. The zero-order valence-electron chi connectivity index (χ0n) is 25.0. The maximum Gasteiger partial charge on any atom is 0.573 e. The van der Waals surface area contributed by atoms with Gasteiger partial charge in [0.2, 0.25) is 5.91 Å². The zero-order chi connectivity index (χ0) is 32.2. The molecule has 8 nitrogen and oxygen atoms in total. The van der Waals surface area contributed by atoms with E-state index >= 15 is 4.39 Å². The van der Waals surface area contributed by atoms with Gasteiger partial charge in [0, 0.05) is 30.8 Å². The van der Waals surface area contributed by atoms with Crippen molar-refractivity contribution in [1.82, 2.24) is 0 Å². The molecule has 12 heteroatoms. The molecule has 45 heavy (non-hydrogen) atoms. The minimum absolute atomic E-state index is 0.0253. The standard InChI is InChI=1S/C33H34F4N2O6/c1-3-43-31(41)32(16-18-38(19-17-32)23-6-10-25(11-7-23)45-33(35,36)37)21-44-28-14-13-27(34)30-26(28)12-15-29(40)39(30)20-22-4-8-24(42-2)9-5-22/h4-11,13-14H,3,12,15-21H2,1-2H3. The van der Waals surface area contributed by atoms with E-state index in [1.807, 2.05) is 17.0 Å². The van der Waals surface area contributed by atoms with Gasteiger partial charge in [-0.25, -0.2) is 4.39 Å². The van der Waals surface area contributed by atoms with E-state index in [-0.39, 0.29) is 49.9 Å². The first-order valence-corrected chi connectivity index (χ1v) is 14.7. The van der Waals surface area contributed by atoms with Gasteiger partial charge in [-0.1, -0.05) is 12.1 Å². The fraction of sp³-hybridized carbons (Fsp3) is 0.394. The molecule has 240 valence electrons. The second-order valence-electron chi connectivity index (χ2n) is 11.0. The Hall–Kier alpha value is -4.48. The lowest BCUT2D eigenvalue weighted by Crippen LogP contribution is -2.48. The number of hydrogen-bond donors (Lipinski definition) is 0. The van der Waals surface area contributed by atoms with Crippen LogP contribution in [0.15, 0.2) is 60.7 Å². The summed E-state index contributed by atoms with van der Waals surface area (Å²) in [5.41, 5.74) is 1.22. The Morgan fingerprint density at radius 2 is 1.60 bits per heavy atom. The third kappa shape index (κ3) is 7.26. The number of rotatable bonds is 10. The van der Waals surface area contributed by atoms with Gasteiger partial charge < -0.3 is 28.7 Å². The fourth-order valence-corrected chi connectivity index (χ4v) is 5.79. The SMILES string of the molecule is CCOC(=O)C1(COc2ccc(F)c3c2CCC(=O)N3Cc2ccc(OC)cc2)CCN(c2ccc(OC(F)(F)F)cc2)CC1. The van der Waals surface area contributed by atoms with Gasteiger partial charge in [0.25, 0.3) is 0 Å². The Bertz CT molecular complexity index is 1500. The molecule has 0 radical (unpaired) electrons. The van der Waals surface area contributed by atoms with E-state index in [0.29, 0.717) is 48.7 Å². The highest BCUT2D eigenvalue weighted by Gasteiger charge is 2.44. The van der Waals surface area contributed by atoms with Gasteiger partial charge in [-0.15, -0.1) is 13.2 Å². The van der Waals surface area contributed by atoms with Crippen molar-refractivity contribution in [2.75, 3.05) is 43.2 Å². The van der Waals surface area contributed by atoms with Crippen molar-refractivity contribution in [3.63, 3.8) is 0 Å². The maximum atomic E-state index is 15.3. The molecule has 1 saturated heterocycles. The fourth-order valence-electron chi connectivity index (χ4n) is 5.79. The van der Waals surface area contributed by atoms with Gasteiger partial charge in [-0.3, -0.25) is 9.59 Å². The lowest BCUT2D eigenvalue weighted by atomic mass is 9.79. The molecule has 3 aromatic rings. The molecule has 1 fully saturated rings. The Labute approximate surface area is 258 Å². The average Bonchev–Trinajstić information content (AvgIpc) is 3.02. The summed E-state index contributed by atoms with van der Waals surface area (Å²) in [7, 11) is 1.56. The van der Waals surface area contributed by atoms with Crippen LogP contribution >= 0.6 is 0 Å². The number of fused-ring (bicyclic) bond motifs is 1. The highest BCUT2D eigenvalue weighted by molar-refractivity contribution is 5.97. The lowest BCUT2D eigenvalue weighted by molar-refractivity contribution is -0.274. The second-order valence-corrected chi connectivity index (χ2v) is 11.0. The smallest absolute Gasteiger partial charge is 0.497 e. The summed E-state index contributed by atoms with van der Waals surface area (Å²) in [6, 6.07) is 15.6. The number of hydrogen-bond acceptors (Lipinski definition) is 7. The number of ether oxygens (including phenoxy) is 4. The molecule has 2 aliphatic heterocycles. The van der Waals surface area contributed by atoms with Crippen LogP contribution in [-0.4, -0.2) is 51.7 Å². The maximum absolute atomic E-state index is 15.3. The average molecular weight is 631 g/mol. The molecule has 0 aliphatic carbocycles.